The monoisotopic (exact) mass is 498 g/mol. The number of aromatic nitrogens is 2. The van der Waals surface area contributed by atoms with Crippen molar-refractivity contribution >= 4 is 29.4 Å². The molecule has 11 heteroatoms. The molecular weight excluding hydrogens is 472 g/mol. The highest BCUT2D eigenvalue weighted by Gasteiger charge is 2.20. The van der Waals surface area contributed by atoms with E-state index >= 15 is 0 Å². The highest BCUT2D eigenvalue weighted by molar-refractivity contribution is 6.30. The van der Waals surface area contributed by atoms with Gasteiger partial charge in [-0.3, -0.25) is 0 Å². The molecular formula is C24H27ClN6O4. The van der Waals surface area contributed by atoms with E-state index in [2.05, 4.69) is 26.3 Å². The number of carbonyl (C=O) groups is 2. The van der Waals surface area contributed by atoms with E-state index in [1.807, 2.05) is 6.07 Å². The summed E-state index contributed by atoms with van der Waals surface area (Å²) >= 11 is 5.59. The maximum atomic E-state index is 11.9. The first-order chi connectivity index (χ1) is 16.9. The smallest absolute Gasteiger partial charge is 0.340 e. The number of rotatable bonds is 5. The number of ether oxygens (including phenoxy) is 2. The lowest BCUT2D eigenvalue weighted by Gasteiger charge is -2.23. The quantitative estimate of drug-likeness (QED) is 0.482. The van der Waals surface area contributed by atoms with Crippen molar-refractivity contribution in [2.24, 2.45) is 0 Å². The molecule has 3 rings (SSSR count). The van der Waals surface area contributed by atoms with E-state index in [0.29, 0.717) is 29.2 Å². The van der Waals surface area contributed by atoms with Gasteiger partial charge in [-0.15, -0.1) is 0 Å². The van der Waals surface area contributed by atoms with Crippen LogP contribution in [0.1, 0.15) is 57.8 Å². The summed E-state index contributed by atoms with van der Waals surface area (Å²) in [7, 11) is 0. The lowest BCUT2D eigenvalue weighted by Crippen LogP contribution is -2.29. The van der Waals surface area contributed by atoms with Gasteiger partial charge in [-0.2, -0.15) is 10.5 Å². The van der Waals surface area contributed by atoms with Gasteiger partial charge in [0.2, 0.25) is 0 Å². The Morgan fingerprint density at radius 2 is 1.77 bits per heavy atom. The van der Waals surface area contributed by atoms with Crippen molar-refractivity contribution in [2.45, 2.75) is 27.2 Å². The number of carbonyl (C=O) groups excluding carboxylic acids is 2. The largest absolute Gasteiger partial charge is 0.462 e. The normalized spacial score (nSPS) is 12.8. The van der Waals surface area contributed by atoms with Gasteiger partial charge in [0.25, 0.3) is 0 Å². The van der Waals surface area contributed by atoms with E-state index in [9.17, 15) is 14.9 Å². The van der Waals surface area contributed by atoms with Gasteiger partial charge < -0.3 is 19.7 Å². The molecule has 35 heavy (non-hydrogen) atoms. The van der Waals surface area contributed by atoms with E-state index in [4.69, 9.17) is 26.3 Å². The Morgan fingerprint density at radius 3 is 2.43 bits per heavy atom. The lowest BCUT2D eigenvalue weighted by molar-refractivity contribution is 0.0515. The number of pyridine rings is 2. The molecule has 0 atom stereocenters. The Balaban J connectivity index is 0.000000269. The van der Waals surface area contributed by atoms with Gasteiger partial charge in [0, 0.05) is 25.8 Å². The summed E-state index contributed by atoms with van der Waals surface area (Å²) in [6, 6.07) is 6.92. The number of nitriles is 2. The molecule has 0 saturated carbocycles. The molecule has 2 aromatic rings. The second-order valence-corrected chi connectivity index (χ2v) is 7.67. The number of esters is 2. The summed E-state index contributed by atoms with van der Waals surface area (Å²) < 4.78 is 9.74. The highest BCUT2D eigenvalue weighted by Crippen LogP contribution is 2.22. The van der Waals surface area contributed by atoms with Crippen LogP contribution in [0.5, 0.6) is 0 Å². The Morgan fingerprint density at radius 1 is 1.09 bits per heavy atom. The van der Waals surface area contributed by atoms with Crippen molar-refractivity contribution in [3.8, 4) is 12.1 Å². The van der Waals surface area contributed by atoms with Crippen molar-refractivity contribution in [1.29, 1.82) is 10.5 Å². The van der Waals surface area contributed by atoms with Crippen LogP contribution in [0.2, 0.25) is 5.15 Å². The predicted molar refractivity (Wildman–Crippen MR) is 129 cm³/mol. The molecule has 10 nitrogen and oxygen atoms in total. The molecule has 3 heterocycles. The fourth-order valence-electron chi connectivity index (χ4n) is 3.24. The zero-order valence-electron chi connectivity index (χ0n) is 19.9. The average molecular weight is 499 g/mol. The van der Waals surface area contributed by atoms with Gasteiger partial charge >= 0.3 is 11.9 Å². The van der Waals surface area contributed by atoms with Crippen molar-refractivity contribution in [3.63, 3.8) is 0 Å². The third-order valence-electron chi connectivity index (χ3n) is 4.92. The Labute approximate surface area is 209 Å². The van der Waals surface area contributed by atoms with Crippen LogP contribution in [0.25, 0.3) is 0 Å². The first-order valence-electron chi connectivity index (χ1n) is 11.1. The number of hydrogen-bond donors (Lipinski definition) is 1. The highest BCUT2D eigenvalue weighted by atomic mass is 35.5. The van der Waals surface area contributed by atoms with Crippen LogP contribution in [0, 0.1) is 29.6 Å². The minimum absolute atomic E-state index is 0.0838. The topological polar surface area (TPSA) is 141 Å². The standard InChI is InChI=1S/C15H20N4O2.C9H7ClN2O2/c1-3-21-15(20)13-9-12(10-16)14(18-11(13)2)19-7-4-5-17-6-8-19;1-2-14-9(13)7-3-6(4-11)8(10)12-5-7/h9,17H,3-8H2,1-2H3;3,5H,2H2,1H3. The van der Waals surface area contributed by atoms with Crippen LogP contribution in [0.4, 0.5) is 5.82 Å². The molecule has 0 aromatic carbocycles. The van der Waals surface area contributed by atoms with Crippen LogP contribution < -0.4 is 10.2 Å². The zero-order valence-corrected chi connectivity index (χ0v) is 20.7. The van der Waals surface area contributed by atoms with Crippen LogP contribution in [-0.2, 0) is 9.47 Å². The van der Waals surface area contributed by atoms with Crippen molar-refractivity contribution < 1.29 is 19.1 Å². The predicted octanol–water partition coefficient (Wildman–Crippen LogP) is 3.02. The number of halogens is 1. The molecule has 1 saturated heterocycles. The molecule has 1 aliphatic rings. The Hall–Kier alpha value is -3.73. The van der Waals surface area contributed by atoms with Crippen molar-refractivity contribution in [1.82, 2.24) is 15.3 Å². The number of nitrogens with one attached hydrogen (secondary N) is 1. The van der Waals surface area contributed by atoms with Crippen molar-refractivity contribution in [3.05, 3.63) is 51.4 Å². The maximum absolute atomic E-state index is 11.9. The third-order valence-corrected chi connectivity index (χ3v) is 5.22. The molecule has 1 fully saturated rings. The fourth-order valence-corrected chi connectivity index (χ4v) is 3.39. The van der Waals surface area contributed by atoms with Crippen LogP contribution >= 0.6 is 11.6 Å². The Kier molecular flexibility index (Phi) is 10.9. The fraction of sp³-hybridized carbons (Fsp3) is 0.417. The van der Waals surface area contributed by atoms with E-state index in [1.165, 1.54) is 12.3 Å². The number of hydrogen-bond acceptors (Lipinski definition) is 10. The number of aryl methyl sites for hydroxylation is 1. The molecule has 184 valence electrons. The van der Waals surface area contributed by atoms with Gasteiger partial charge in [-0.05, 0) is 45.9 Å². The molecule has 1 N–H and O–H groups in total. The molecule has 0 spiro atoms. The lowest BCUT2D eigenvalue weighted by atomic mass is 10.1. The molecule has 0 unspecified atom stereocenters. The van der Waals surface area contributed by atoms with E-state index in [1.54, 1.807) is 26.8 Å². The van der Waals surface area contributed by atoms with Crippen LogP contribution in [0.15, 0.2) is 18.3 Å². The summed E-state index contributed by atoms with van der Waals surface area (Å²) in [6.45, 7) is 9.31. The van der Waals surface area contributed by atoms with Gasteiger partial charge in [0.15, 0.2) is 0 Å². The number of nitrogens with zero attached hydrogens (tertiary/aromatic N) is 5. The molecule has 0 radical (unpaired) electrons. The Bertz CT molecular complexity index is 1130. The second-order valence-electron chi connectivity index (χ2n) is 7.31. The molecule has 0 amide bonds. The summed E-state index contributed by atoms with van der Waals surface area (Å²) in [5.74, 6) is -0.275. The maximum Gasteiger partial charge on any atom is 0.340 e. The third kappa shape index (κ3) is 7.64. The summed E-state index contributed by atoms with van der Waals surface area (Å²) in [5.41, 5.74) is 1.78. The second kappa shape index (κ2) is 13.9. The van der Waals surface area contributed by atoms with E-state index in [-0.39, 0.29) is 22.9 Å². The molecule has 1 aliphatic heterocycles. The summed E-state index contributed by atoms with van der Waals surface area (Å²) in [5, 5.41) is 21.4. The zero-order chi connectivity index (χ0) is 25.8. The van der Waals surface area contributed by atoms with Gasteiger partial charge in [0.1, 0.15) is 23.1 Å². The van der Waals surface area contributed by atoms with Crippen molar-refractivity contribution in [2.75, 3.05) is 44.3 Å². The van der Waals surface area contributed by atoms with E-state index in [0.717, 1.165) is 32.6 Å². The van der Waals surface area contributed by atoms with Crippen LogP contribution in [-0.4, -0.2) is 61.3 Å². The molecule has 0 aliphatic carbocycles. The molecule has 2 aromatic heterocycles. The minimum atomic E-state index is -0.506. The number of anilines is 1. The first kappa shape index (κ1) is 27.5. The first-order valence-corrected chi connectivity index (χ1v) is 11.5. The van der Waals surface area contributed by atoms with Gasteiger partial charge in [-0.25, -0.2) is 19.6 Å². The minimum Gasteiger partial charge on any atom is -0.462 e. The van der Waals surface area contributed by atoms with E-state index < -0.39 is 11.9 Å². The average Bonchev–Trinajstić information content (AvgIpc) is 3.14. The SMILES string of the molecule is CCOC(=O)c1cc(C#N)c(N2CCCNCC2)nc1C.CCOC(=O)c1cnc(Cl)c(C#N)c1. The summed E-state index contributed by atoms with van der Waals surface area (Å²) in [4.78, 5) is 33.4. The summed E-state index contributed by atoms with van der Waals surface area (Å²) in [6.07, 6.45) is 2.28. The van der Waals surface area contributed by atoms with Crippen LogP contribution in [0.3, 0.4) is 0 Å². The van der Waals surface area contributed by atoms with Gasteiger partial charge in [0.05, 0.1) is 41.2 Å². The van der Waals surface area contributed by atoms with Gasteiger partial charge in [-0.1, -0.05) is 11.6 Å². The molecule has 0 bridgehead atoms.